The monoisotopic (exact) mass is 422 g/mol. The first-order valence-corrected chi connectivity index (χ1v) is 6.89. The number of aliphatic hydroxyl groups is 1. The molecule has 3 unspecified atom stereocenters. The molecule has 1 aliphatic rings. The molecule has 0 bridgehead atoms. The van der Waals surface area contributed by atoms with Crippen molar-refractivity contribution in [2.45, 2.75) is 61.5 Å². The molecule has 1 aliphatic heterocycles. The van der Waals surface area contributed by atoms with Gasteiger partial charge in [0.15, 0.2) is 0 Å². The zero-order chi connectivity index (χ0) is 21.9. The van der Waals surface area contributed by atoms with Crippen molar-refractivity contribution in [1.29, 1.82) is 0 Å². The Morgan fingerprint density at radius 2 is 1.52 bits per heavy atom. The smallest absolute Gasteiger partial charge is 0.443 e. The standard InChI is InChI=1S/C13H12F10O4/c1-4-6(24)26-8(5-2)9(14,15)7(3,12(18,19)20)27-11(25,10(8,16)17)13(21,22)23/h4,25H,1,5H2,2-3H3. The summed E-state index contributed by atoms with van der Waals surface area (Å²) in [6.07, 6.45) is -15.1. The minimum atomic E-state index is -6.69. The number of esters is 1. The number of carbonyl (C=O) groups is 1. The Morgan fingerprint density at radius 3 is 1.81 bits per heavy atom. The van der Waals surface area contributed by atoms with E-state index in [2.05, 4.69) is 16.1 Å². The molecule has 4 nitrogen and oxygen atoms in total. The maximum atomic E-state index is 14.7. The first-order chi connectivity index (χ1) is 11.7. The largest absolute Gasteiger partial charge is 0.449 e. The van der Waals surface area contributed by atoms with Crippen molar-refractivity contribution >= 4 is 5.97 Å². The van der Waals surface area contributed by atoms with E-state index in [9.17, 15) is 53.8 Å². The summed E-state index contributed by atoms with van der Waals surface area (Å²) in [5.74, 6) is -20.5. The van der Waals surface area contributed by atoms with E-state index in [0.717, 1.165) is 0 Å². The summed E-state index contributed by atoms with van der Waals surface area (Å²) < 4.78 is 144. The van der Waals surface area contributed by atoms with Crippen LogP contribution in [0.15, 0.2) is 12.7 Å². The number of halogens is 10. The second kappa shape index (κ2) is 5.96. The SMILES string of the molecule is C=CC(=O)OC1(CC)C(F)(F)C(C)(C(F)(F)F)OC(O)(C(F)(F)F)C1(F)F. The van der Waals surface area contributed by atoms with Gasteiger partial charge in [-0.15, -0.1) is 0 Å². The highest BCUT2D eigenvalue weighted by Crippen LogP contribution is 2.66. The van der Waals surface area contributed by atoms with Gasteiger partial charge in [-0.2, -0.15) is 43.9 Å². The quantitative estimate of drug-likeness (QED) is 0.428. The van der Waals surface area contributed by atoms with Crippen molar-refractivity contribution in [2.75, 3.05) is 0 Å². The van der Waals surface area contributed by atoms with Crippen LogP contribution in [0.2, 0.25) is 0 Å². The Morgan fingerprint density at radius 1 is 1.07 bits per heavy atom. The predicted octanol–water partition coefficient (Wildman–Crippen LogP) is 3.74. The van der Waals surface area contributed by atoms with Gasteiger partial charge in [-0.3, -0.25) is 0 Å². The van der Waals surface area contributed by atoms with Gasteiger partial charge in [-0.1, -0.05) is 13.5 Å². The molecule has 1 N–H and O–H groups in total. The first-order valence-electron chi connectivity index (χ1n) is 6.89. The summed E-state index contributed by atoms with van der Waals surface area (Å²) in [5, 5.41) is 9.37. The summed E-state index contributed by atoms with van der Waals surface area (Å²) >= 11 is 0. The summed E-state index contributed by atoms with van der Waals surface area (Å²) in [4.78, 5) is 11.2. The van der Waals surface area contributed by atoms with E-state index < -0.39 is 60.5 Å². The van der Waals surface area contributed by atoms with Gasteiger partial charge in [-0.25, -0.2) is 4.79 Å². The predicted molar refractivity (Wildman–Crippen MR) is 65.8 cm³/mol. The number of alkyl halides is 10. The van der Waals surface area contributed by atoms with Gasteiger partial charge in [0.2, 0.25) is 11.2 Å². The lowest BCUT2D eigenvalue weighted by molar-refractivity contribution is -0.555. The molecule has 0 aliphatic carbocycles. The van der Waals surface area contributed by atoms with Crippen molar-refractivity contribution in [3.05, 3.63) is 12.7 Å². The molecule has 1 fully saturated rings. The highest BCUT2D eigenvalue weighted by atomic mass is 19.4. The Balaban J connectivity index is 4.05. The second-order valence-electron chi connectivity index (χ2n) is 5.73. The van der Waals surface area contributed by atoms with Gasteiger partial charge < -0.3 is 14.6 Å². The lowest BCUT2D eigenvalue weighted by Crippen LogP contribution is -2.87. The number of carbonyl (C=O) groups excluding carboxylic acids is 1. The maximum absolute atomic E-state index is 14.7. The lowest BCUT2D eigenvalue weighted by Gasteiger charge is -2.59. The molecule has 0 saturated carbocycles. The van der Waals surface area contributed by atoms with Crippen LogP contribution in [0, 0.1) is 0 Å². The van der Waals surface area contributed by atoms with Gasteiger partial charge in [0.05, 0.1) is 0 Å². The Hall–Kier alpha value is -1.57. The summed E-state index contributed by atoms with van der Waals surface area (Å²) in [5.41, 5.74) is -10.4. The van der Waals surface area contributed by atoms with Crippen LogP contribution < -0.4 is 0 Å². The van der Waals surface area contributed by atoms with Crippen LogP contribution in [-0.2, 0) is 14.3 Å². The Bertz CT molecular complexity index is 588. The Kier molecular flexibility index (Phi) is 5.18. The minimum Gasteiger partial charge on any atom is -0.443 e. The molecule has 0 spiro atoms. The van der Waals surface area contributed by atoms with Crippen molar-refractivity contribution in [2.24, 2.45) is 0 Å². The van der Waals surface area contributed by atoms with Crippen LogP contribution in [0.25, 0.3) is 0 Å². The van der Waals surface area contributed by atoms with Crippen LogP contribution in [-0.4, -0.2) is 52.3 Å². The minimum absolute atomic E-state index is 0.0311. The normalized spacial score (nSPS) is 36.2. The molecule has 0 aromatic heterocycles. The average Bonchev–Trinajstić information content (AvgIpc) is 2.47. The molecule has 14 heteroatoms. The Labute approximate surface area is 144 Å². The van der Waals surface area contributed by atoms with E-state index >= 15 is 0 Å². The molecule has 1 rings (SSSR count). The molecule has 1 heterocycles. The molecule has 0 amide bonds. The zero-order valence-electron chi connectivity index (χ0n) is 13.4. The molecule has 27 heavy (non-hydrogen) atoms. The van der Waals surface area contributed by atoms with Crippen LogP contribution >= 0.6 is 0 Å². The molecule has 0 aromatic carbocycles. The molecule has 0 radical (unpaired) electrons. The van der Waals surface area contributed by atoms with E-state index in [4.69, 9.17) is 0 Å². The van der Waals surface area contributed by atoms with E-state index in [-0.39, 0.29) is 6.08 Å². The third-order valence-electron chi connectivity index (χ3n) is 4.26. The lowest BCUT2D eigenvalue weighted by atomic mass is 9.70. The number of rotatable bonds is 3. The summed E-state index contributed by atoms with van der Waals surface area (Å²) in [6, 6.07) is 0. The fourth-order valence-electron chi connectivity index (χ4n) is 2.61. The third kappa shape index (κ3) is 2.62. The average molecular weight is 422 g/mol. The maximum Gasteiger partial charge on any atom is 0.449 e. The topological polar surface area (TPSA) is 55.8 Å². The summed E-state index contributed by atoms with van der Waals surface area (Å²) in [7, 11) is 0. The number of hydrogen-bond donors (Lipinski definition) is 1. The highest BCUT2D eigenvalue weighted by Gasteiger charge is 2.95. The molecule has 158 valence electrons. The van der Waals surface area contributed by atoms with Crippen molar-refractivity contribution in [3.8, 4) is 0 Å². The molecule has 0 aromatic rings. The van der Waals surface area contributed by atoms with Gasteiger partial charge >= 0.3 is 36.0 Å². The van der Waals surface area contributed by atoms with E-state index in [0.29, 0.717) is 6.92 Å². The van der Waals surface area contributed by atoms with Crippen LogP contribution in [0.5, 0.6) is 0 Å². The van der Waals surface area contributed by atoms with Gasteiger partial charge in [0.1, 0.15) is 0 Å². The molecular formula is C13H12F10O4. The second-order valence-corrected chi connectivity index (χ2v) is 5.73. The summed E-state index contributed by atoms with van der Waals surface area (Å²) in [6.45, 7) is 2.30. The zero-order valence-corrected chi connectivity index (χ0v) is 13.4. The van der Waals surface area contributed by atoms with Crippen molar-refractivity contribution in [3.63, 3.8) is 0 Å². The van der Waals surface area contributed by atoms with Crippen molar-refractivity contribution in [1.82, 2.24) is 0 Å². The van der Waals surface area contributed by atoms with Crippen molar-refractivity contribution < 1.29 is 63.3 Å². The van der Waals surface area contributed by atoms with E-state index in [1.54, 1.807) is 0 Å². The fourth-order valence-corrected chi connectivity index (χ4v) is 2.61. The van der Waals surface area contributed by atoms with Crippen LogP contribution in [0.3, 0.4) is 0 Å². The number of hydrogen-bond acceptors (Lipinski definition) is 4. The number of ether oxygens (including phenoxy) is 2. The first kappa shape index (κ1) is 23.5. The van der Waals surface area contributed by atoms with E-state index in [1.807, 2.05) is 0 Å². The van der Waals surface area contributed by atoms with Gasteiger partial charge in [0.25, 0.3) is 0 Å². The van der Waals surface area contributed by atoms with Gasteiger partial charge in [-0.05, 0) is 13.3 Å². The molecule has 1 saturated heterocycles. The van der Waals surface area contributed by atoms with Gasteiger partial charge in [0, 0.05) is 6.08 Å². The highest BCUT2D eigenvalue weighted by molar-refractivity contribution is 5.81. The molecular weight excluding hydrogens is 410 g/mol. The fraction of sp³-hybridized carbons (Fsp3) is 0.769. The van der Waals surface area contributed by atoms with E-state index in [1.165, 1.54) is 0 Å². The van der Waals surface area contributed by atoms with Crippen LogP contribution in [0.1, 0.15) is 20.3 Å². The third-order valence-corrected chi connectivity index (χ3v) is 4.26. The van der Waals surface area contributed by atoms with Crippen LogP contribution in [0.4, 0.5) is 43.9 Å². The molecule has 3 atom stereocenters.